The van der Waals surface area contributed by atoms with Gasteiger partial charge in [0.2, 0.25) is 0 Å². The van der Waals surface area contributed by atoms with Crippen molar-refractivity contribution in [3.63, 3.8) is 0 Å². The zero-order valence-corrected chi connectivity index (χ0v) is 12.4. The Labute approximate surface area is 120 Å². The molecule has 3 nitrogen and oxygen atoms in total. The fraction of sp³-hybridized carbons (Fsp3) is 0.529. The zero-order chi connectivity index (χ0) is 14.8. The van der Waals surface area contributed by atoms with Gasteiger partial charge in [-0.3, -0.25) is 4.79 Å². The third kappa shape index (κ3) is 3.47. The van der Waals surface area contributed by atoms with Crippen LogP contribution in [0.3, 0.4) is 0 Å². The molecule has 0 N–H and O–H groups in total. The SMILES string of the molecule is CC(C)(C)C1CCC(=O)[C@H](OC(=O)c2ccccc2)C1. The molecule has 1 fully saturated rings. The topological polar surface area (TPSA) is 43.4 Å². The highest BCUT2D eigenvalue weighted by molar-refractivity contribution is 5.93. The molecule has 1 aliphatic rings. The molecule has 0 aliphatic heterocycles. The number of Topliss-reactive ketones (excluding diaryl/α,β-unsaturated/α-hetero) is 1. The summed E-state index contributed by atoms with van der Waals surface area (Å²) in [4.78, 5) is 24.0. The molecule has 1 unspecified atom stereocenters. The van der Waals surface area contributed by atoms with Crippen LogP contribution in [0.25, 0.3) is 0 Å². The van der Waals surface area contributed by atoms with E-state index < -0.39 is 12.1 Å². The van der Waals surface area contributed by atoms with Gasteiger partial charge in [-0.1, -0.05) is 39.0 Å². The Balaban J connectivity index is 2.04. The smallest absolute Gasteiger partial charge is 0.338 e. The Morgan fingerprint density at radius 2 is 1.85 bits per heavy atom. The van der Waals surface area contributed by atoms with Gasteiger partial charge in [-0.2, -0.15) is 0 Å². The second-order valence-electron chi connectivity index (χ2n) is 6.56. The number of hydrogen-bond acceptors (Lipinski definition) is 3. The molecular formula is C17H22O3. The van der Waals surface area contributed by atoms with Crippen LogP contribution in [0.2, 0.25) is 0 Å². The lowest BCUT2D eigenvalue weighted by atomic mass is 9.71. The van der Waals surface area contributed by atoms with Gasteiger partial charge in [0.25, 0.3) is 0 Å². The molecule has 1 aliphatic carbocycles. The van der Waals surface area contributed by atoms with Crippen LogP contribution in [0, 0.1) is 11.3 Å². The van der Waals surface area contributed by atoms with Gasteiger partial charge in [0, 0.05) is 6.42 Å². The van der Waals surface area contributed by atoms with Crippen molar-refractivity contribution in [1.29, 1.82) is 0 Å². The van der Waals surface area contributed by atoms with Crippen LogP contribution >= 0.6 is 0 Å². The van der Waals surface area contributed by atoms with Crippen LogP contribution in [-0.2, 0) is 9.53 Å². The van der Waals surface area contributed by atoms with Gasteiger partial charge in [0.1, 0.15) is 0 Å². The normalized spacial score (nSPS) is 23.4. The first-order chi connectivity index (χ1) is 9.38. The van der Waals surface area contributed by atoms with Gasteiger partial charge in [0.05, 0.1) is 5.56 Å². The summed E-state index contributed by atoms with van der Waals surface area (Å²) in [7, 11) is 0. The van der Waals surface area contributed by atoms with E-state index in [2.05, 4.69) is 20.8 Å². The molecule has 1 aromatic carbocycles. The largest absolute Gasteiger partial charge is 0.451 e. The highest BCUT2D eigenvalue weighted by Crippen LogP contribution is 2.37. The molecule has 2 rings (SSSR count). The standard InChI is InChI=1S/C17H22O3/c1-17(2,3)13-9-10-14(18)15(11-13)20-16(19)12-7-5-4-6-8-12/h4-8,13,15H,9-11H2,1-3H3/t13?,15-/m1/s1. The molecule has 20 heavy (non-hydrogen) atoms. The molecular weight excluding hydrogens is 252 g/mol. The summed E-state index contributed by atoms with van der Waals surface area (Å²) in [5.41, 5.74) is 0.635. The molecule has 108 valence electrons. The zero-order valence-electron chi connectivity index (χ0n) is 12.4. The Hall–Kier alpha value is -1.64. The molecule has 1 aromatic rings. The van der Waals surface area contributed by atoms with Crippen molar-refractivity contribution in [3.05, 3.63) is 35.9 Å². The number of ether oxygens (including phenoxy) is 1. The first-order valence-electron chi connectivity index (χ1n) is 7.16. The summed E-state index contributed by atoms with van der Waals surface area (Å²) < 4.78 is 5.43. The van der Waals surface area contributed by atoms with Crippen LogP contribution < -0.4 is 0 Å². The van der Waals surface area contributed by atoms with E-state index in [4.69, 9.17) is 4.74 Å². The molecule has 0 amide bonds. The maximum Gasteiger partial charge on any atom is 0.338 e. The minimum atomic E-state index is -0.583. The van der Waals surface area contributed by atoms with Crippen molar-refractivity contribution < 1.29 is 14.3 Å². The summed E-state index contributed by atoms with van der Waals surface area (Å²) in [6, 6.07) is 8.83. The lowest BCUT2D eigenvalue weighted by Crippen LogP contribution is -2.38. The summed E-state index contributed by atoms with van der Waals surface area (Å²) in [5.74, 6) is 0.0575. The van der Waals surface area contributed by atoms with E-state index in [9.17, 15) is 9.59 Å². The summed E-state index contributed by atoms with van der Waals surface area (Å²) in [6.45, 7) is 6.51. The van der Waals surface area contributed by atoms with E-state index in [1.54, 1.807) is 24.3 Å². The van der Waals surface area contributed by atoms with E-state index >= 15 is 0 Å². The van der Waals surface area contributed by atoms with Crippen LogP contribution in [-0.4, -0.2) is 17.9 Å². The van der Waals surface area contributed by atoms with E-state index in [0.29, 0.717) is 24.3 Å². The molecule has 0 heterocycles. The lowest BCUT2D eigenvalue weighted by molar-refractivity contribution is -0.132. The Bertz CT molecular complexity index is 485. The number of ketones is 1. The average Bonchev–Trinajstić information content (AvgIpc) is 2.41. The quantitative estimate of drug-likeness (QED) is 0.773. The molecule has 1 saturated carbocycles. The fourth-order valence-corrected chi connectivity index (χ4v) is 2.66. The fourth-order valence-electron chi connectivity index (χ4n) is 2.66. The Morgan fingerprint density at radius 3 is 2.45 bits per heavy atom. The number of benzene rings is 1. The van der Waals surface area contributed by atoms with Gasteiger partial charge in [-0.05, 0) is 36.3 Å². The third-order valence-corrected chi connectivity index (χ3v) is 4.08. The van der Waals surface area contributed by atoms with Crippen LogP contribution in [0.15, 0.2) is 30.3 Å². The Kier molecular flexibility index (Phi) is 4.26. The number of rotatable bonds is 2. The van der Waals surface area contributed by atoms with E-state index in [-0.39, 0.29) is 11.2 Å². The van der Waals surface area contributed by atoms with Gasteiger partial charge < -0.3 is 4.74 Å². The minimum Gasteiger partial charge on any atom is -0.451 e. The predicted octanol–water partition coefficient (Wildman–Crippen LogP) is 3.63. The monoisotopic (exact) mass is 274 g/mol. The third-order valence-electron chi connectivity index (χ3n) is 4.08. The maximum atomic E-state index is 12.0. The van der Waals surface area contributed by atoms with Crippen molar-refractivity contribution in [3.8, 4) is 0 Å². The molecule has 0 radical (unpaired) electrons. The van der Waals surface area contributed by atoms with Crippen molar-refractivity contribution in [2.24, 2.45) is 11.3 Å². The summed E-state index contributed by atoms with van der Waals surface area (Å²) in [5, 5.41) is 0. The van der Waals surface area contributed by atoms with E-state index in [0.717, 1.165) is 6.42 Å². The van der Waals surface area contributed by atoms with Gasteiger partial charge in [-0.15, -0.1) is 0 Å². The second kappa shape index (κ2) is 5.78. The number of carbonyl (C=O) groups excluding carboxylic acids is 2. The number of hydrogen-bond donors (Lipinski definition) is 0. The van der Waals surface area contributed by atoms with Crippen molar-refractivity contribution in [1.82, 2.24) is 0 Å². The summed E-state index contributed by atoms with van der Waals surface area (Å²) in [6.07, 6.45) is 1.46. The summed E-state index contributed by atoms with van der Waals surface area (Å²) >= 11 is 0. The highest BCUT2D eigenvalue weighted by atomic mass is 16.5. The van der Waals surface area contributed by atoms with E-state index in [1.165, 1.54) is 0 Å². The van der Waals surface area contributed by atoms with Gasteiger partial charge in [-0.25, -0.2) is 4.79 Å². The first-order valence-corrected chi connectivity index (χ1v) is 7.16. The van der Waals surface area contributed by atoms with Crippen LogP contribution in [0.1, 0.15) is 50.4 Å². The molecule has 0 aromatic heterocycles. The lowest BCUT2D eigenvalue weighted by Gasteiger charge is -2.36. The first kappa shape index (κ1) is 14.8. The molecule has 3 heteroatoms. The predicted molar refractivity (Wildman–Crippen MR) is 77.4 cm³/mol. The van der Waals surface area contributed by atoms with Crippen LogP contribution in [0.5, 0.6) is 0 Å². The van der Waals surface area contributed by atoms with Gasteiger partial charge >= 0.3 is 5.97 Å². The molecule has 0 bridgehead atoms. The molecule has 0 spiro atoms. The van der Waals surface area contributed by atoms with Crippen LogP contribution in [0.4, 0.5) is 0 Å². The Morgan fingerprint density at radius 1 is 1.20 bits per heavy atom. The number of esters is 1. The highest BCUT2D eigenvalue weighted by Gasteiger charge is 2.36. The van der Waals surface area contributed by atoms with Crippen molar-refractivity contribution in [2.75, 3.05) is 0 Å². The molecule has 0 saturated heterocycles. The average molecular weight is 274 g/mol. The molecule has 2 atom stereocenters. The minimum absolute atomic E-state index is 0.0507. The maximum absolute atomic E-state index is 12.0. The van der Waals surface area contributed by atoms with Gasteiger partial charge in [0.15, 0.2) is 11.9 Å². The van der Waals surface area contributed by atoms with Crippen molar-refractivity contribution >= 4 is 11.8 Å². The van der Waals surface area contributed by atoms with Crippen molar-refractivity contribution in [2.45, 2.75) is 46.1 Å². The number of carbonyl (C=O) groups is 2. The van der Waals surface area contributed by atoms with E-state index in [1.807, 2.05) is 6.07 Å². The second-order valence-corrected chi connectivity index (χ2v) is 6.56.